The molecule has 1 aliphatic rings. The van der Waals surface area contributed by atoms with Gasteiger partial charge in [0.25, 0.3) is 0 Å². The highest BCUT2D eigenvalue weighted by Gasteiger charge is 2.32. The summed E-state index contributed by atoms with van der Waals surface area (Å²) < 4.78 is 0. The molecule has 1 rings (SSSR count). The van der Waals surface area contributed by atoms with Gasteiger partial charge in [0.05, 0.1) is 0 Å². The summed E-state index contributed by atoms with van der Waals surface area (Å²) in [7, 11) is -5.07. The lowest BCUT2D eigenvalue weighted by Gasteiger charge is -2.48. The van der Waals surface area contributed by atoms with Gasteiger partial charge in [-0.25, -0.2) is 0 Å². The van der Waals surface area contributed by atoms with Crippen LogP contribution in [-0.2, 0) is 0 Å². The fourth-order valence-corrected chi connectivity index (χ4v) is 2.52. The molecular weight excluding hydrogens is 207 g/mol. The first kappa shape index (κ1) is 12.3. The molecule has 84 valence electrons. The van der Waals surface area contributed by atoms with Gasteiger partial charge in [0, 0.05) is 0 Å². The van der Waals surface area contributed by atoms with Crippen molar-refractivity contribution in [2.24, 2.45) is 5.92 Å². The van der Waals surface area contributed by atoms with E-state index in [1.54, 1.807) is 0 Å². The fourth-order valence-electron chi connectivity index (χ4n) is 1.91. The normalized spacial score (nSPS) is 24.6. The molecule has 0 unspecified atom stereocenters. The minimum absolute atomic E-state index is 0.255. The first-order chi connectivity index (χ1) is 6.43. The Morgan fingerprint density at radius 1 is 1.00 bits per heavy atom. The van der Waals surface area contributed by atoms with Crippen molar-refractivity contribution in [2.75, 3.05) is 0 Å². The van der Waals surface area contributed by atoms with Gasteiger partial charge in [0.2, 0.25) is 0 Å². The average Bonchev–Trinajstić information content (AvgIpc) is 2.15. The van der Waals surface area contributed by atoms with Crippen molar-refractivity contribution in [2.45, 2.75) is 44.1 Å². The number of aliphatic hydroxyl groups excluding tert-OH is 2. The minimum atomic E-state index is -5.07. The Kier molecular flexibility index (Phi) is 4.25. The standard InChI is InChI=1S/C8H17O5P/c9-7(8(10)14(11,12)13)6-4-2-1-3-5-6/h6-10H,1-5H2,(H2,11,12,13)/p-2/t7-,8-/m0/s1. The van der Waals surface area contributed by atoms with Crippen molar-refractivity contribution < 1.29 is 24.9 Å². The summed E-state index contributed by atoms with van der Waals surface area (Å²) in [5.41, 5.74) is 0. The second-order valence-corrected chi connectivity index (χ2v) is 5.45. The molecule has 0 bridgehead atoms. The monoisotopic (exact) mass is 222 g/mol. The lowest BCUT2D eigenvalue weighted by molar-refractivity contribution is -0.438. The maximum Gasteiger partial charge on any atom is 0.173 e. The van der Waals surface area contributed by atoms with Crippen molar-refractivity contribution in [1.29, 1.82) is 0 Å². The Hall–Kier alpha value is 0.230. The van der Waals surface area contributed by atoms with E-state index in [4.69, 9.17) is 5.11 Å². The summed E-state index contributed by atoms with van der Waals surface area (Å²) in [5.74, 6) is -2.40. The van der Waals surface area contributed by atoms with Gasteiger partial charge in [-0.2, -0.15) is 0 Å². The largest absolute Gasteiger partial charge is 0.686 e. The van der Waals surface area contributed by atoms with Crippen LogP contribution in [0.4, 0.5) is 0 Å². The maximum absolute atomic E-state index is 10.5. The van der Waals surface area contributed by atoms with Crippen molar-refractivity contribution in [3.63, 3.8) is 0 Å². The van der Waals surface area contributed by atoms with E-state index in [0.29, 0.717) is 12.8 Å². The predicted octanol–water partition coefficient (Wildman–Crippen LogP) is -1.91. The smallest absolute Gasteiger partial charge is 0.173 e. The number of hydrogen-bond acceptors (Lipinski definition) is 5. The molecule has 0 aromatic heterocycles. The highest BCUT2D eigenvalue weighted by molar-refractivity contribution is 7.54. The second kappa shape index (κ2) is 4.84. The highest BCUT2D eigenvalue weighted by Crippen LogP contribution is 2.40. The van der Waals surface area contributed by atoms with Gasteiger partial charge in [-0.05, 0) is 18.8 Å². The predicted molar refractivity (Wildman–Crippen MR) is 45.5 cm³/mol. The van der Waals surface area contributed by atoms with Crippen LogP contribution in [0, 0.1) is 5.92 Å². The van der Waals surface area contributed by atoms with Crippen LogP contribution in [0.15, 0.2) is 0 Å². The summed E-state index contributed by atoms with van der Waals surface area (Å²) in [6, 6.07) is 0. The highest BCUT2D eigenvalue weighted by atomic mass is 31.2. The molecule has 0 heterocycles. The average molecular weight is 222 g/mol. The molecule has 0 aromatic carbocycles. The molecule has 0 aromatic rings. The first-order valence-electron chi connectivity index (χ1n) is 4.81. The number of aliphatic hydroxyl groups is 2. The molecular formula is C8H15O5P-2. The number of hydrogen-bond donors (Lipinski definition) is 2. The Balaban J connectivity index is 2.50. The topological polar surface area (TPSA) is 110 Å². The molecule has 0 radical (unpaired) electrons. The lowest BCUT2D eigenvalue weighted by Crippen LogP contribution is -2.48. The minimum Gasteiger partial charge on any atom is -0.686 e. The SMILES string of the molecule is [O-][P+]([O-])([O-])[C@H](O)[C@@H](O)C1CCCCC1. The Labute approximate surface area is 83.6 Å². The summed E-state index contributed by atoms with van der Waals surface area (Å²) >= 11 is 0. The Morgan fingerprint density at radius 3 is 1.93 bits per heavy atom. The molecule has 2 atom stereocenters. The summed E-state index contributed by atoms with van der Waals surface area (Å²) in [5, 5.41) is 18.5. The third-order valence-corrected chi connectivity index (χ3v) is 3.72. The quantitative estimate of drug-likeness (QED) is 0.541. The zero-order valence-corrected chi connectivity index (χ0v) is 8.73. The van der Waals surface area contributed by atoms with Crippen LogP contribution < -0.4 is 14.7 Å². The lowest BCUT2D eigenvalue weighted by atomic mass is 9.85. The van der Waals surface area contributed by atoms with Gasteiger partial charge in [0.1, 0.15) is 6.10 Å². The molecule has 0 amide bonds. The third kappa shape index (κ3) is 3.12. The molecule has 0 spiro atoms. The van der Waals surface area contributed by atoms with Crippen LogP contribution in [0.25, 0.3) is 0 Å². The second-order valence-electron chi connectivity index (χ2n) is 3.84. The van der Waals surface area contributed by atoms with Crippen molar-refractivity contribution >= 4 is 7.94 Å². The molecule has 2 N–H and O–H groups in total. The van der Waals surface area contributed by atoms with E-state index >= 15 is 0 Å². The van der Waals surface area contributed by atoms with Crippen LogP contribution in [0.5, 0.6) is 0 Å². The van der Waals surface area contributed by atoms with Gasteiger partial charge in [-0.1, -0.05) is 19.3 Å². The van der Waals surface area contributed by atoms with Crippen LogP contribution in [-0.4, -0.2) is 22.2 Å². The molecule has 1 fully saturated rings. The molecule has 1 aliphatic carbocycles. The van der Waals surface area contributed by atoms with E-state index in [9.17, 15) is 19.8 Å². The summed E-state index contributed by atoms with van der Waals surface area (Å²) in [6.45, 7) is 0. The van der Waals surface area contributed by atoms with Gasteiger partial charge < -0.3 is 24.9 Å². The molecule has 1 saturated carbocycles. The van der Waals surface area contributed by atoms with Gasteiger partial charge in [0.15, 0.2) is 5.85 Å². The Bertz CT molecular complexity index is 175. The number of rotatable bonds is 3. The fraction of sp³-hybridized carbons (Fsp3) is 1.00. The first-order valence-corrected chi connectivity index (χ1v) is 6.42. The zero-order valence-electron chi connectivity index (χ0n) is 7.83. The van der Waals surface area contributed by atoms with Crippen LogP contribution in [0.3, 0.4) is 0 Å². The molecule has 5 nitrogen and oxygen atoms in total. The summed E-state index contributed by atoms with van der Waals surface area (Å²) in [4.78, 5) is 31.4. The van der Waals surface area contributed by atoms with Crippen LogP contribution in [0.1, 0.15) is 32.1 Å². The molecule has 14 heavy (non-hydrogen) atoms. The van der Waals surface area contributed by atoms with E-state index < -0.39 is 19.9 Å². The van der Waals surface area contributed by atoms with E-state index in [-0.39, 0.29) is 5.92 Å². The van der Waals surface area contributed by atoms with E-state index in [2.05, 4.69) is 0 Å². The van der Waals surface area contributed by atoms with Gasteiger partial charge in [-0.3, -0.25) is 0 Å². The van der Waals surface area contributed by atoms with E-state index in [1.165, 1.54) is 0 Å². The van der Waals surface area contributed by atoms with Crippen molar-refractivity contribution in [1.82, 2.24) is 0 Å². The van der Waals surface area contributed by atoms with Crippen LogP contribution >= 0.6 is 7.94 Å². The van der Waals surface area contributed by atoms with Crippen molar-refractivity contribution in [3.05, 3.63) is 0 Å². The molecule has 0 aliphatic heterocycles. The molecule has 0 saturated heterocycles. The van der Waals surface area contributed by atoms with Gasteiger partial charge in [-0.15, -0.1) is 7.94 Å². The molecule has 6 heteroatoms. The van der Waals surface area contributed by atoms with Gasteiger partial charge >= 0.3 is 0 Å². The van der Waals surface area contributed by atoms with Crippen molar-refractivity contribution in [3.8, 4) is 0 Å². The summed E-state index contributed by atoms with van der Waals surface area (Å²) in [6.07, 6.45) is 2.82. The maximum atomic E-state index is 10.5. The third-order valence-electron chi connectivity index (χ3n) is 2.76. The Morgan fingerprint density at radius 2 is 1.50 bits per heavy atom. The van der Waals surface area contributed by atoms with E-state index in [1.807, 2.05) is 0 Å². The zero-order chi connectivity index (χ0) is 10.8. The van der Waals surface area contributed by atoms with E-state index in [0.717, 1.165) is 19.3 Å². The van der Waals surface area contributed by atoms with Crippen LogP contribution in [0.2, 0.25) is 0 Å².